The van der Waals surface area contributed by atoms with Gasteiger partial charge in [0, 0.05) is 17.1 Å². The van der Waals surface area contributed by atoms with Crippen molar-refractivity contribution in [1.82, 2.24) is 5.32 Å². The Morgan fingerprint density at radius 2 is 2.11 bits per heavy atom. The second-order valence-corrected chi connectivity index (χ2v) is 5.49. The van der Waals surface area contributed by atoms with Gasteiger partial charge in [0.15, 0.2) is 0 Å². The highest BCUT2D eigenvalue weighted by Crippen LogP contribution is 2.28. The summed E-state index contributed by atoms with van der Waals surface area (Å²) in [6.45, 7) is 2.19. The summed E-state index contributed by atoms with van der Waals surface area (Å²) in [5.74, 6) is -0.157. The number of halogens is 1. The first-order chi connectivity index (χ1) is 8.50. The summed E-state index contributed by atoms with van der Waals surface area (Å²) in [6, 6.07) is 5.18. The van der Waals surface area contributed by atoms with Gasteiger partial charge in [0.1, 0.15) is 0 Å². The summed E-state index contributed by atoms with van der Waals surface area (Å²) in [6.07, 6.45) is 3.61. The molecule has 1 aromatic rings. The fourth-order valence-electron chi connectivity index (χ4n) is 2.34. The summed E-state index contributed by atoms with van der Waals surface area (Å²) in [4.78, 5) is 11.9. The first-order valence-corrected chi connectivity index (χ1v) is 6.65. The van der Waals surface area contributed by atoms with E-state index < -0.39 is 5.60 Å². The minimum Gasteiger partial charge on any atom is -0.388 e. The average Bonchev–Trinajstić information content (AvgIpc) is 2.77. The predicted molar refractivity (Wildman–Crippen MR) is 71.9 cm³/mol. The van der Waals surface area contributed by atoms with Crippen molar-refractivity contribution >= 4 is 17.5 Å². The number of carbonyl (C=O) groups excluding carboxylic acids is 1. The lowest BCUT2D eigenvalue weighted by Gasteiger charge is -2.22. The second kappa shape index (κ2) is 5.29. The van der Waals surface area contributed by atoms with Crippen LogP contribution in [-0.4, -0.2) is 23.2 Å². The van der Waals surface area contributed by atoms with Crippen molar-refractivity contribution in [2.24, 2.45) is 0 Å². The Morgan fingerprint density at radius 3 is 2.72 bits per heavy atom. The number of nitrogens with one attached hydrogen (secondary N) is 1. The Balaban J connectivity index is 1.97. The number of hydrogen-bond acceptors (Lipinski definition) is 2. The molecule has 0 heterocycles. The van der Waals surface area contributed by atoms with E-state index in [0.717, 1.165) is 31.2 Å². The molecule has 0 spiro atoms. The second-order valence-electron chi connectivity index (χ2n) is 5.08. The van der Waals surface area contributed by atoms with Gasteiger partial charge >= 0.3 is 0 Å². The van der Waals surface area contributed by atoms with Gasteiger partial charge in [0.2, 0.25) is 0 Å². The van der Waals surface area contributed by atoms with E-state index in [1.807, 2.05) is 6.92 Å². The maximum Gasteiger partial charge on any atom is 0.251 e. The molecule has 0 aliphatic heterocycles. The van der Waals surface area contributed by atoms with E-state index >= 15 is 0 Å². The fraction of sp³-hybridized carbons (Fsp3) is 0.500. The number of carbonyl (C=O) groups is 1. The van der Waals surface area contributed by atoms with Crippen LogP contribution in [-0.2, 0) is 0 Å². The Labute approximate surface area is 112 Å². The van der Waals surface area contributed by atoms with Gasteiger partial charge in [-0.25, -0.2) is 0 Å². The van der Waals surface area contributed by atoms with Crippen molar-refractivity contribution in [2.75, 3.05) is 6.54 Å². The normalized spacial score (nSPS) is 17.7. The minimum atomic E-state index is -0.711. The first kappa shape index (κ1) is 13.4. The standard InChI is InChI=1S/C14H18ClNO2/c1-10-8-11(4-5-12(10)15)13(17)16-9-14(18)6-2-3-7-14/h4-5,8,18H,2-3,6-7,9H2,1H3,(H,16,17). The van der Waals surface area contributed by atoms with Crippen LogP contribution in [0.3, 0.4) is 0 Å². The van der Waals surface area contributed by atoms with Crippen LogP contribution in [0.4, 0.5) is 0 Å². The summed E-state index contributed by atoms with van der Waals surface area (Å²) >= 11 is 5.92. The number of hydrogen-bond donors (Lipinski definition) is 2. The molecule has 4 heteroatoms. The molecule has 2 rings (SSSR count). The van der Waals surface area contributed by atoms with E-state index in [1.54, 1.807) is 18.2 Å². The van der Waals surface area contributed by atoms with Gasteiger partial charge in [-0.05, 0) is 43.5 Å². The largest absolute Gasteiger partial charge is 0.388 e. The van der Waals surface area contributed by atoms with Crippen molar-refractivity contribution in [3.8, 4) is 0 Å². The number of aryl methyl sites for hydroxylation is 1. The van der Waals surface area contributed by atoms with Crippen molar-refractivity contribution in [1.29, 1.82) is 0 Å². The molecule has 2 N–H and O–H groups in total. The maximum absolute atomic E-state index is 11.9. The van der Waals surface area contributed by atoms with Crippen molar-refractivity contribution in [3.05, 3.63) is 34.3 Å². The van der Waals surface area contributed by atoms with Crippen LogP contribution >= 0.6 is 11.6 Å². The smallest absolute Gasteiger partial charge is 0.251 e. The third-order valence-electron chi connectivity index (χ3n) is 3.53. The molecule has 3 nitrogen and oxygen atoms in total. The number of amides is 1. The van der Waals surface area contributed by atoms with E-state index in [2.05, 4.69) is 5.32 Å². The minimum absolute atomic E-state index is 0.157. The molecule has 1 aliphatic carbocycles. The van der Waals surface area contributed by atoms with Gasteiger partial charge < -0.3 is 10.4 Å². The number of rotatable bonds is 3. The zero-order chi connectivity index (χ0) is 13.2. The molecule has 0 aromatic heterocycles. The molecule has 0 bridgehead atoms. The third kappa shape index (κ3) is 3.03. The highest BCUT2D eigenvalue weighted by Gasteiger charge is 2.31. The fourth-order valence-corrected chi connectivity index (χ4v) is 2.46. The van der Waals surface area contributed by atoms with E-state index in [4.69, 9.17) is 11.6 Å². The Hall–Kier alpha value is -1.06. The number of aliphatic hydroxyl groups is 1. The lowest BCUT2D eigenvalue weighted by molar-refractivity contribution is 0.0449. The van der Waals surface area contributed by atoms with Gasteiger partial charge in [0.05, 0.1) is 5.60 Å². The SMILES string of the molecule is Cc1cc(C(=O)NCC2(O)CCCC2)ccc1Cl. The highest BCUT2D eigenvalue weighted by atomic mass is 35.5. The highest BCUT2D eigenvalue weighted by molar-refractivity contribution is 6.31. The van der Waals surface area contributed by atoms with Crippen molar-refractivity contribution in [3.63, 3.8) is 0 Å². The van der Waals surface area contributed by atoms with Crippen LogP contribution in [0.2, 0.25) is 5.02 Å². The summed E-state index contributed by atoms with van der Waals surface area (Å²) < 4.78 is 0. The Bertz CT molecular complexity index is 453. The molecule has 18 heavy (non-hydrogen) atoms. The monoisotopic (exact) mass is 267 g/mol. The van der Waals surface area contributed by atoms with Crippen LogP contribution < -0.4 is 5.32 Å². The summed E-state index contributed by atoms with van der Waals surface area (Å²) in [5, 5.41) is 13.6. The van der Waals surface area contributed by atoms with Gasteiger partial charge in [-0.3, -0.25) is 4.79 Å². The first-order valence-electron chi connectivity index (χ1n) is 6.27. The van der Waals surface area contributed by atoms with E-state index in [0.29, 0.717) is 17.1 Å². The lowest BCUT2D eigenvalue weighted by atomic mass is 10.0. The molecule has 1 saturated carbocycles. The molecule has 0 radical (unpaired) electrons. The van der Waals surface area contributed by atoms with E-state index in [-0.39, 0.29) is 5.91 Å². The Morgan fingerprint density at radius 1 is 1.44 bits per heavy atom. The molecular formula is C14H18ClNO2. The lowest BCUT2D eigenvalue weighted by Crippen LogP contribution is -2.40. The van der Waals surface area contributed by atoms with Crippen LogP contribution in [0, 0.1) is 6.92 Å². The van der Waals surface area contributed by atoms with Crippen molar-refractivity contribution < 1.29 is 9.90 Å². The van der Waals surface area contributed by atoms with Gasteiger partial charge in [-0.2, -0.15) is 0 Å². The average molecular weight is 268 g/mol. The molecule has 0 unspecified atom stereocenters. The van der Waals surface area contributed by atoms with E-state index in [1.165, 1.54) is 0 Å². The quantitative estimate of drug-likeness (QED) is 0.885. The molecule has 1 aliphatic rings. The Kier molecular flexibility index (Phi) is 3.93. The van der Waals surface area contributed by atoms with Crippen LogP contribution in [0.15, 0.2) is 18.2 Å². The number of benzene rings is 1. The molecule has 1 fully saturated rings. The molecule has 0 saturated heterocycles. The van der Waals surface area contributed by atoms with Gasteiger partial charge in [-0.1, -0.05) is 24.4 Å². The summed E-state index contributed by atoms with van der Waals surface area (Å²) in [7, 11) is 0. The van der Waals surface area contributed by atoms with Crippen LogP contribution in [0.1, 0.15) is 41.6 Å². The van der Waals surface area contributed by atoms with Crippen LogP contribution in [0.25, 0.3) is 0 Å². The topological polar surface area (TPSA) is 49.3 Å². The molecule has 1 amide bonds. The predicted octanol–water partition coefficient (Wildman–Crippen LogP) is 2.68. The molecular weight excluding hydrogens is 250 g/mol. The van der Waals surface area contributed by atoms with Gasteiger partial charge in [-0.15, -0.1) is 0 Å². The molecule has 1 aromatic carbocycles. The van der Waals surface area contributed by atoms with Gasteiger partial charge in [0.25, 0.3) is 5.91 Å². The zero-order valence-electron chi connectivity index (χ0n) is 10.5. The molecule has 0 atom stereocenters. The zero-order valence-corrected chi connectivity index (χ0v) is 11.3. The van der Waals surface area contributed by atoms with E-state index in [9.17, 15) is 9.90 Å². The van der Waals surface area contributed by atoms with Crippen molar-refractivity contribution in [2.45, 2.75) is 38.2 Å². The van der Waals surface area contributed by atoms with Crippen LogP contribution in [0.5, 0.6) is 0 Å². The summed E-state index contributed by atoms with van der Waals surface area (Å²) in [5.41, 5.74) is 0.749. The molecule has 98 valence electrons. The maximum atomic E-state index is 11.9. The third-order valence-corrected chi connectivity index (χ3v) is 3.96.